The number of imidazole rings is 1. The van der Waals surface area contributed by atoms with E-state index in [4.69, 9.17) is 16.3 Å². The predicted octanol–water partition coefficient (Wildman–Crippen LogP) is 3.73. The highest BCUT2D eigenvalue weighted by Gasteiger charge is 2.19. The van der Waals surface area contributed by atoms with Gasteiger partial charge in [0.2, 0.25) is 5.91 Å². The van der Waals surface area contributed by atoms with Crippen molar-refractivity contribution in [2.24, 2.45) is 0 Å². The third-order valence-corrected chi connectivity index (χ3v) is 5.10. The monoisotopic (exact) mass is 369 g/mol. The van der Waals surface area contributed by atoms with Gasteiger partial charge in [-0.05, 0) is 38.5 Å². The van der Waals surface area contributed by atoms with Gasteiger partial charge >= 0.3 is 0 Å². The maximum absolute atomic E-state index is 12.2. The van der Waals surface area contributed by atoms with E-state index in [1.54, 1.807) is 7.11 Å². The zero-order valence-electron chi connectivity index (χ0n) is 14.6. The van der Waals surface area contributed by atoms with Gasteiger partial charge in [0.25, 0.3) is 0 Å². The highest BCUT2D eigenvalue weighted by molar-refractivity contribution is 7.99. The minimum absolute atomic E-state index is 0.00947. The summed E-state index contributed by atoms with van der Waals surface area (Å²) in [6.07, 6.45) is 0.883. The smallest absolute Gasteiger partial charge is 0.230 e. The van der Waals surface area contributed by atoms with Crippen molar-refractivity contribution in [3.8, 4) is 0 Å². The van der Waals surface area contributed by atoms with Gasteiger partial charge in [-0.1, -0.05) is 30.3 Å². The number of hydrogen-bond donors (Lipinski definition) is 1. The normalized spacial score (nSPS) is 11.9. The van der Waals surface area contributed by atoms with E-state index in [1.165, 1.54) is 11.8 Å². The molecule has 2 rings (SSSR count). The van der Waals surface area contributed by atoms with Crippen LogP contribution in [0.2, 0.25) is 5.02 Å². The number of fused-ring (bicyclic) bond motifs is 1. The molecule has 7 heteroatoms. The fraction of sp³-hybridized carbons (Fsp3) is 0.529. The lowest BCUT2D eigenvalue weighted by Crippen LogP contribution is -2.43. The zero-order valence-corrected chi connectivity index (χ0v) is 16.1. The summed E-state index contributed by atoms with van der Waals surface area (Å²) >= 11 is 7.49. The van der Waals surface area contributed by atoms with Crippen LogP contribution in [0.15, 0.2) is 23.4 Å². The number of carbonyl (C=O) groups is 1. The minimum atomic E-state index is -0.193. The van der Waals surface area contributed by atoms with Gasteiger partial charge in [0.15, 0.2) is 5.16 Å². The molecule has 1 heterocycles. The second-order valence-corrected chi connectivity index (χ2v) is 7.63. The molecular formula is C17H24ClN3O2S. The maximum Gasteiger partial charge on any atom is 0.230 e. The van der Waals surface area contributed by atoms with E-state index in [0.29, 0.717) is 23.9 Å². The van der Waals surface area contributed by atoms with Gasteiger partial charge in [0, 0.05) is 24.2 Å². The Morgan fingerprint density at radius 1 is 1.46 bits per heavy atom. The molecule has 0 aliphatic heterocycles. The van der Waals surface area contributed by atoms with E-state index in [2.05, 4.69) is 21.8 Å². The molecule has 1 aromatic heterocycles. The maximum atomic E-state index is 12.2. The minimum Gasteiger partial charge on any atom is -0.383 e. The second kappa shape index (κ2) is 8.23. The summed E-state index contributed by atoms with van der Waals surface area (Å²) in [5.41, 5.74) is 1.63. The van der Waals surface area contributed by atoms with Crippen LogP contribution >= 0.6 is 23.4 Å². The van der Waals surface area contributed by atoms with E-state index < -0.39 is 0 Å². The topological polar surface area (TPSA) is 56.2 Å². The summed E-state index contributed by atoms with van der Waals surface area (Å²) in [5, 5.41) is 4.49. The summed E-state index contributed by atoms with van der Waals surface area (Å²) in [6, 6.07) is 5.63. The molecule has 0 atom stereocenters. The Morgan fingerprint density at radius 3 is 2.88 bits per heavy atom. The molecular weight excluding hydrogens is 346 g/mol. The number of rotatable bonds is 8. The van der Waals surface area contributed by atoms with Gasteiger partial charge in [-0.2, -0.15) is 0 Å². The summed E-state index contributed by atoms with van der Waals surface area (Å²) in [4.78, 5) is 16.8. The first-order valence-electron chi connectivity index (χ1n) is 7.95. The number of hydrogen-bond acceptors (Lipinski definition) is 4. The van der Waals surface area contributed by atoms with E-state index in [1.807, 2.05) is 32.0 Å². The third-order valence-electron chi connectivity index (χ3n) is 3.89. The van der Waals surface area contributed by atoms with Crippen molar-refractivity contribution in [1.29, 1.82) is 0 Å². The standard InChI is InChI=1S/C17H24ClN3O2S/c1-5-17(2,3)20-15(22)11-24-16-19-13-10-12(18)6-7-14(13)21(16)8-9-23-4/h6-7,10H,5,8-9,11H2,1-4H3,(H,20,22). The average molecular weight is 370 g/mol. The van der Waals surface area contributed by atoms with Crippen LogP contribution in [0.5, 0.6) is 0 Å². The largest absolute Gasteiger partial charge is 0.383 e. The number of benzene rings is 1. The number of halogens is 1. The number of carbonyl (C=O) groups excluding carboxylic acids is 1. The molecule has 24 heavy (non-hydrogen) atoms. The molecule has 0 radical (unpaired) electrons. The van der Waals surface area contributed by atoms with Gasteiger partial charge in [-0.3, -0.25) is 4.79 Å². The SMILES string of the molecule is CCC(C)(C)NC(=O)CSc1nc2cc(Cl)ccc2n1CCOC. The fourth-order valence-corrected chi connectivity index (χ4v) is 3.23. The highest BCUT2D eigenvalue weighted by atomic mass is 35.5. The predicted molar refractivity (Wildman–Crippen MR) is 99.9 cm³/mol. The van der Waals surface area contributed by atoms with Crippen LogP contribution in [0.3, 0.4) is 0 Å². The molecule has 132 valence electrons. The van der Waals surface area contributed by atoms with Crippen LogP contribution in [-0.4, -0.2) is 40.5 Å². The summed E-state index contributed by atoms with van der Waals surface area (Å²) in [7, 11) is 1.67. The number of amides is 1. The van der Waals surface area contributed by atoms with Crippen molar-refractivity contribution in [2.75, 3.05) is 19.5 Å². The fourth-order valence-electron chi connectivity index (χ4n) is 2.22. The lowest BCUT2D eigenvalue weighted by atomic mass is 10.0. The van der Waals surface area contributed by atoms with Crippen molar-refractivity contribution >= 4 is 40.3 Å². The number of aromatic nitrogens is 2. The first-order chi connectivity index (χ1) is 11.4. The summed E-state index contributed by atoms with van der Waals surface area (Å²) in [5.74, 6) is 0.336. The molecule has 0 spiro atoms. The number of ether oxygens (including phenoxy) is 1. The Morgan fingerprint density at radius 2 is 2.21 bits per heavy atom. The van der Waals surface area contributed by atoms with Crippen molar-refractivity contribution in [3.05, 3.63) is 23.2 Å². The molecule has 1 aromatic carbocycles. The highest BCUT2D eigenvalue weighted by Crippen LogP contribution is 2.26. The lowest BCUT2D eigenvalue weighted by molar-refractivity contribution is -0.120. The molecule has 0 aliphatic rings. The number of nitrogens with one attached hydrogen (secondary N) is 1. The van der Waals surface area contributed by atoms with Gasteiger partial charge in [0.05, 0.1) is 23.4 Å². The first-order valence-corrected chi connectivity index (χ1v) is 9.31. The van der Waals surface area contributed by atoms with E-state index in [9.17, 15) is 4.79 Å². The molecule has 0 unspecified atom stereocenters. The van der Waals surface area contributed by atoms with Gasteiger partial charge in [0.1, 0.15) is 0 Å². The van der Waals surface area contributed by atoms with E-state index >= 15 is 0 Å². The van der Waals surface area contributed by atoms with E-state index in [-0.39, 0.29) is 11.4 Å². The first kappa shape index (κ1) is 19.1. The zero-order chi connectivity index (χ0) is 17.7. The molecule has 0 saturated heterocycles. The van der Waals surface area contributed by atoms with Gasteiger partial charge < -0.3 is 14.6 Å². The third kappa shape index (κ3) is 4.88. The number of nitrogens with zero attached hydrogens (tertiary/aromatic N) is 2. The molecule has 0 fully saturated rings. The second-order valence-electron chi connectivity index (χ2n) is 6.25. The van der Waals surface area contributed by atoms with Crippen molar-refractivity contribution in [2.45, 2.75) is 44.4 Å². The van der Waals surface area contributed by atoms with Crippen LogP contribution in [-0.2, 0) is 16.1 Å². The number of methoxy groups -OCH3 is 1. The van der Waals surface area contributed by atoms with Crippen LogP contribution in [0.25, 0.3) is 11.0 Å². The Bertz CT molecular complexity index is 715. The molecule has 2 aromatic rings. The van der Waals surface area contributed by atoms with Crippen molar-refractivity contribution in [3.63, 3.8) is 0 Å². The summed E-state index contributed by atoms with van der Waals surface area (Å²) < 4.78 is 7.25. The van der Waals surface area contributed by atoms with Crippen LogP contribution < -0.4 is 5.32 Å². The van der Waals surface area contributed by atoms with Crippen LogP contribution in [0, 0.1) is 0 Å². The molecule has 5 nitrogen and oxygen atoms in total. The molecule has 1 N–H and O–H groups in total. The quantitative estimate of drug-likeness (QED) is 0.720. The van der Waals surface area contributed by atoms with Crippen LogP contribution in [0.1, 0.15) is 27.2 Å². The van der Waals surface area contributed by atoms with Gasteiger partial charge in [-0.15, -0.1) is 0 Å². The molecule has 0 saturated carbocycles. The Kier molecular flexibility index (Phi) is 6.54. The molecule has 0 bridgehead atoms. The Balaban J connectivity index is 2.16. The molecule has 0 aliphatic carbocycles. The Labute approximate surface area is 152 Å². The van der Waals surface area contributed by atoms with E-state index in [0.717, 1.165) is 22.6 Å². The summed E-state index contributed by atoms with van der Waals surface area (Å²) in [6.45, 7) is 7.36. The van der Waals surface area contributed by atoms with Gasteiger partial charge in [-0.25, -0.2) is 4.98 Å². The average Bonchev–Trinajstić information content (AvgIpc) is 2.87. The Hall–Kier alpha value is -1.24. The van der Waals surface area contributed by atoms with Crippen LogP contribution in [0.4, 0.5) is 0 Å². The van der Waals surface area contributed by atoms with Crippen molar-refractivity contribution in [1.82, 2.24) is 14.9 Å². The number of thioether (sulfide) groups is 1. The molecule has 1 amide bonds. The lowest BCUT2D eigenvalue weighted by Gasteiger charge is -2.24. The van der Waals surface area contributed by atoms with Crippen molar-refractivity contribution < 1.29 is 9.53 Å².